The van der Waals surface area contributed by atoms with Gasteiger partial charge in [-0.25, -0.2) is 14.4 Å². The summed E-state index contributed by atoms with van der Waals surface area (Å²) in [5.74, 6) is 0.243. The van der Waals surface area contributed by atoms with Gasteiger partial charge in [0.25, 0.3) is 5.91 Å². The summed E-state index contributed by atoms with van der Waals surface area (Å²) in [5.41, 5.74) is 2.85. The molecule has 6 heteroatoms. The molecule has 1 amide bonds. The predicted octanol–water partition coefficient (Wildman–Crippen LogP) is 3.92. The van der Waals surface area contributed by atoms with E-state index >= 15 is 0 Å². The van der Waals surface area contributed by atoms with Crippen LogP contribution in [0.4, 0.5) is 15.9 Å². The molecule has 0 bridgehead atoms. The molecule has 0 unspecified atom stereocenters. The molecule has 0 spiro atoms. The quantitative estimate of drug-likeness (QED) is 0.733. The molecule has 0 radical (unpaired) electrons. The van der Waals surface area contributed by atoms with E-state index in [0.717, 1.165) is 24.1 Å². The Morgan fingerprint density at radius 3 is 2.62 bits per heavy atom. The second kappa shape index (κ2) is 6.92. The number of benzene rings is 2. The number of hydrogen-bond donors (Lipinski definition) is 2. The number of hydrogen-bond acceptors (Lipinski definition) is 4. The van der Waals surface area contributed by atoms with E-state index in [2.05, 4.69) is 20.6 Å². The maximum Gasteiger partial charge on any atom is 0.251 e. The van der Waals surface area contributed by atoms with Crippen molar-refractivity contribution in [1.82, 2.24) is 15.3 Å². The molecular weight excluding hydrogens is 331 g/mol. The van der Waals surface area contributed by atoms with E-state index in [-0.39, 0.29) is 11.7 Å². The predicted molar refractivity (Wildman–Crippen MR) is 97.6 cm³/mol. The summed E-state index contributed by atoms with van der Waals surface area (Å²) in [5, 5.41) is 6.16. The maximum absolute atomic E-state index is 13.1. The summed E-state index contributed by atoms with van der Waals surface area (Å²) in [6, 6.07) is 15.5. The van der Waals surface area contributed by atoms with Gasteiger partial charge in [-0.3, -0.25) is 4.79 Å². The van der Waals surface area contributed by atoms with E-state index in [9.17, 15) is 9.18 Å². The second-order valence-corrected chi connectivity index (χ2v) is 6.25. The molecule has 3 aromatic rings. The molecule has 1 aromatic heterocycles. The molecule has 5 nitrogen and oxygen atoms in total. The summed E-state index contributed by atoms with van der Waals surface area (Å²) in [6.45, 7) is 0. The van der Waals surface area contributed by atoms with Gasteiger partial charge in [0.15, 0.2) is 0 Å². The van der Waals surface area contributed by atoms with Gasteiger partial charge in [0, 0.05) is 28.9 Å². The van der Waals surface area contributed by atoms with Crippen LogP contribution < -0.4 is 10.6 Å². The largest absolute Gasteiger partial charge is 0.349 e. The van der Waals surface area contributed by atoms with Crippen LogP contribution in [0.3, 0.4) is 0 Å². The maximum atomic E-state index is 13.1. The highest BCUT2D eigenvalue weighted by atomic mass is 19.1. The Kier molecular flexibility index (Phi) is 4.31. The molecule has 26 heavy (non-hydrogen) atoms. The molecule has 4 rings (SSSR count). The van der Waals surface area contributed by atoms with E-state index in [1.165, 1.54) is 18.5 Å². The van der Waals surface area contributed by atoms with Crippen LogP contribution in [0.25, 0.3) is 11.3 Å². The zero-order chi connectivity index (χ0) is 17.9. The van der Waals surface area contributed by atoms with Gasteiger partial charge < -0.3 is 10.6 Å². The van der Waals surface area contributed by atoms with E-state index in [0.29, 0.717) is 23.1 Å². The number of halogens is 1. The monoisotopic (exact) mass is 348 g/mol. The van der Waals surface area contributed by atoms with E-state index in [4.69, 9.17) is 0 Å². The van der Waals surface area contributed by atoms with Crippen molar-refractivity contribution in [3.05, 3.63) is 72.3 Å². The van der Waals surface area contributed by atoms with Crippen molar-refractivity contribution in [3.8, 4) is 11.3 Å². The zero-order valence-corrected chi connectivity index (χ0v) is 13.9. The fourth-order valence-corrected chi connectivity index (χ4v) is 2.59. The third kappa shape index (κ3) is 3.85. The third-order valence-corrected chi connectivity index (χ3v) is 4.12. The minimum absolute atomic E-state index is 0.0640. The topological polar surface area (TPSA) is 66.9 Å². The van der Waals surface area contributed by atoms with Crippen molar-refractivity contribution < 1.29 is 9.18 Å². The number of aromatic nitrogens is 2. The van der Waals surface area contributed by atoms with E-state index in [1.54, 1.807) is 30.3 Å². The number of carbonyl (C=O) groups excluding carboxylic acids is 1. The smallest absolute Gasteiger partial charge is 0.251 e. The standard InChI is InChI=1S/C20H17FN4O/c21-15-6-4-13(5-7-15)18-11-19(23-12-22-18)24-17-3-1-2-14(10-17)20(26)25-16-8-9-16/h1-7,10-12,16H,8-9H2,(H,25,26)(H,22,23,24). The Bertz CT molecular complexity index is 939. The summed E-state index contributed by atoms with van der Waals surface area (Å²) in [7, 11) is 0. The van der Waals surface area contributed by atoms with Crippen LogP contribution in [0.15, 0.2) is 60.9 Å². The third-order valence-electron chi connectivity index (χ3n) is 4.12. The van der Waals surface area contributed by atoms with Gasteiger partial charge in [-0.05, 0) is 55.3 Å². The number of carbonyl (C=O) groups is 1. The van der Waals surface area contributed by atoms with Crippen LogP contribution >= 0.6 is 0 Å². The number of anilines is 2. The lowest BCUT2D eigenvalue weighted by atomic mass is 10.1. The number of amides is 1. The minimum Gasteiger partial charge on any atom is -0.349 e. The molecule has 1 aliphatic rings. The Morgan fingerprint density at radius 2 is 1.85 bits per heavy atom. The number of rotatable bonds is 5. The number of nitrogens with one attached hydrogen (secondary N) is 2. The molecule has 1 saturated carbocycles. The Hall–Kier alpha value is -3.28. The zero-order valence-electron chi connectivity index (χ0n) is 13.9. The van der Waals surface area contributed by atoms with Crippen molar-refractivity contribution in [1.29, 1.82) is 0 Å². The van der Waals surface area contributed by atoms with Crippen LogP contribution in [0.1, 0.15) is 23.2 Å². The lowest BCUT2D eigenvalue weighted by Gasteiger charge is -2.09. The Balaban J connectivity index is 1.53. The van der Waals surface area contributed by atoms with Gasteiger partial charge in [0.1, 0.15) is 18.0 Å². The Morgan fingerprint density at radius 1 is 1.04 bits per heavy atom. The van der Waals surface area contributed by atoms with Gasteiger partial charge in [-0.15, -0.1) is 0 Å². The van der Waals surface area contributed by atoms with Gasteiger partial charge in [0.05, 0.1) is 5.69 Å². The first-order valence-corrected chi connectivity index (χ1v) is 8.43. The average molecular weight is 348 g/mol. The first-order valence-electron chi connectivity index (χ1n) is 8.43. The van der Waals surface area contributed by atoms with Crippen LogP contribution in [-0.4, -0.2) is 21.9 Å². The van der Waals surface area contributed by atoms with Crippen molar-refractivity contribution >= 4 is 17.4 Å². The van der Waals surface area contributed by atoms with E-state index < -0.39 is 0 Å². The molecule has 1 fully saturated rings. The summed E-state index contributed by atoms with van der Waals surface area (Å²) < 4.78 is 13.1. The summed E-state index contributed by atoms with van der Waals surface area (Å²) in [6.07, 6.45) is 3.55. The van der Waals surface area contributed by atoms with Crippen LogP contribution in [-0.2, 0) is 0 Å². The van der Waals surface area contributed by atoms with Gasteiger partial charge in [-0.1, -0.05) is 6.07 Å². The van der Waals surface area contributed by atoms with Crippen LogP contribution in [0, 0.1) is 5.82 Å². The first kappa shape index (κ1) is 16.2. The lowest BCUT2D eigenvalue weighted by Crippen LogP contribution is -2.25. The molecule has 130 valence electrons. The van der Waals surface area contributed by atoms with Crippen LogP contribution in [0.2, 0.25) is 0 Å². The number of nitrogens with zero attached hydrogens (tertiary/aromatic N) is 2. The van der Waals surface area contributed by atoms with Crippen molar-refractivity contribution in [2.75, 3.05) is 5.32 Å². The highest BCUT2D eigenvalue weighted by molar-refractivity contribution is 5.95. The van der Waals surface area contributed by atoms with Crippen molar-refractivity contribution in [3.63, 3.8) is 0 Å². The average Bonchev–Trinajstić information content (AvgIpc) is 3.47. The van der Waals surface area contributed by atoms with E-state index in [1.807, 2.05) is 12.1 Å². The molecular formula is C20H17FN4O. The normalized spacial score (nSPS) is 13.3. The van der Waals surface area contributed by atoms with Gasteiger partial charge >= 0.3 is 0 Å². The Labute approximate surface area is 150 Å². The van der Waals surface area contributed by atoms with Gasteiger partial charge in [0.2, 0.25) is 0 Å². The molecule has 0 atom stereocenters. The molecule has 1 aliphatic carbocycles. The fraction of sp³-hybridized carbons (Fsp3) is 0.150. The van der Waals surface area contributed by atoms with Crippen molar-refractivity contribution in [2.45, 2.75) is 18.9 Å². The summed E-state index contributed by atoms with van der Waals surface area (Å²) >= 11 is 0. The lowest BCUT2D eigenvalue weighted by molar-refractivity contribution is 0.0951. The SMILES string of the molecule is O=C(NC1CC1)c1cccc(Nc2cc(-c3ccc(F)cc3)ncn2)c1. The highest BCUT2D eigenvalue weighted by Gasteiger charge is 2.23. The summed E-state index contributed by atoms with van der Waals surface area (Å²) in [4.78, 5) is 20.6. The molecule has 0 aliphatic heterocycles. The molecule has 1 heterocycles. The van der Waals surface area contributed by atoms with Crippen LogP contribution in [0.5, 0.6) is 0 Å². The van der Waals surface area contributed by atoms with Crippen molar-refractivity contribution in [2.24, 2.45) is 0 Å². The highest BCUT2D eigenvalue weighted by Crippen LogP contribution is 2.23. The molecule has 0 saturated heterocycles. The molecule has 2 aromatic carbocycles. The minimum atomic E-state index is -0.289. The second-order valence-electron chi connectivity index (χ2n) is 6.25. The molecule has 2 N–H and O–H groups in total. The van der Waals surface area contributed by atoms with Gasteiger partial charge in [-0.2, -0.15) is 0 Å². The fourth-order valence-electron chi connectivity index (χ4n) is 2.59. The first-order chi connectivity index (χ1) is 12.7.